The molecule has 0 amide bonds. The predicted molar refractivity (Wildman–Crippen MR) is 68.6 cm³/mol. The molecule has 98 valence electrons. The van der Waals surface area contributed by atoms with E-state index in [1.165, 1.54) is 0 Å². The summed E-state index contributed by atoms with van der Waals surface area (Å²) in [7, 11) is 0. The molecule has 0 aliphatic carbocycles. The number of hydrogen-bond acceptors (Lipinski definition) is 3. The number of rotatable bonds is 8. The average Bonchev–Trinajstić information content (AvgIpc) is 2.13. The molecule has 1 atom stereocenters. The minimum atomic E-state index is -0.414. The lowest BCUT2D eigenvalue weighted by atomic mass is 9.96. The number of nitrogens with one attached hydrogen (secondary N) is 1. The van der Waals surface area contributed by atoms with Gasteiger partial charge in [-0.05, 0) is 11.8 Å². The Labute approximate surface area is 101 Å². The predicted octanol–water partition coefficient (Wildman–Crippen LogP) is 2.04. The van der Waals surface area contributed by atoms with E-state index < -0.39 is 6.10 Å². The van der Waals surface area contributed by atoms with Gasteiger partial charge in [0.05, 0.1) is 18.8 Å². The zero-order valence-corrected chi connectivity index (χ0v) is 11.7. The van der Waals surface area contributed by atoms with E-state index in [9.17, 15) is 5.11 Å². The first-order valence-electron chi connectivity index (χ1n) is 6.37. The van der Waals surface area contributed by atoms with Crippen molar-refractivity contribution < 1.29 is 9.84 Å². The number of hydrogen-bond donors (Lipinski definition) is 2. The van der Waals surface area contributed by atoms with Crippen LogP contribution in [0.25, 0.3) is 0 Å². The van der Waals surface area contributed by atoms with Crippen LogP contribution >= 0.6 is 0 Å². The molecule has 3 heteroatoms. The Morgan fingerprint density at radius 3 is 1.88 bits per heavy atom. The fourth-order valence-corrected chi connectivity index (χ4v) is 1.81. The molecule has 0 aromatic rings. The molecule has 2 N–H and O–H groups in total. The van der Waals surface area contributed by atoms with Gasteiger partial charge in [0.25, 0.3) is 0 Å². The van der Waals surface area contributed by atoms with E-state index in [1.54, 1.807) is 0 Å². The van der Waals surface area contributed by atoms with Crippen molar-refractivity contribution in [2.45, 2.75) is 59.8 Å². The van der Waals surface area contributed by atoms with E-state index in [-0.39, 0.29) is 6.10 Å². The highest BCUT2D eigenvalue weighted by Crippen LogP contribution is 2.16. The molecule has 0 saturated carbocycles. The van der Waals surface area contributed by atoms with Crippen molar-refractivity contribution in [1.29, 1.82) is 0 Å². The van der Waals surface area contributed by atoms with Crippen LogP contribution in [-0.4, -0.2) is 36.5 Å². The van der Waals surface area contributed by atoms with Gasteiger partial charge in [0.2, 0.25) is 0 Å². The van der Waals surface area contributed by atoms with E-state index in [0.29, 0.717) is 31.0 Å². The van der Waals surface area contributed by atoms with Gasteiger partial charge in [-0.3, -0.25) is 0 Å². The molecule has 1 unspecified atom stereocenters. The van der Waals surface area contributed by atoms with Crippen molar-refractivity contribution in [2.24, 2.45) is 11.8 Å². The molecule has 0 spiro atoms. The lowest BCUT2D eigenvalue weighted by Gasteiger charge is -2.26. The minimum Gasteiger partial charge on any atom is -0.389 e. The molecule has 0 rings (SSSR count). The van der Waals surface area contributed by atoms with Gasteiger partial charge >= 0.3 is 0 Å². The van der Waals surface area contributed by atoms with Crippen molar-refractivity contribution in [3.05, 3.63) is 0 Å². The van der Waals surface area contributed by atoms with Crippen LogP contribution in [0.2, 0.25) is 0 Å². The quantitative estimate of drug-likeness (QED) is 0.672. The monoisotopic (exact) mass is 231 g/mol. The largest absolute Gasteiger partial charge is 0.389 e. The van der Waals surface area contributed by atoms with Gasteiger partial charge in [0.1, 0.15) is 0 Å². The lowest BCUT2D eigenvalue weighted by Crippen LogP contribution is -2.37. The minimum absolute atomic E-state index is 0.230. The average molecular weight is 231 g/mol. The molecule has 16 heavy (non-hydrogen) atoms. The number of ether oxygens (including phenoxy) is 1. The van der Waals surface area contributed by atoms with Gasteiger partial charge in [0, 0.05) is 12.6 Å². The third-order valence-electron chi connectivity index (χ3n) is 2.56. The van der Waals surface area contributed by atoms with Crippen LogP contribution in [0, 0.1) is 11.8 Å². The van der Waals surface area contributed by atoms with Gasteiger partial charge in [-0.2, -0.15) is 0 Å². The Morgan fingerprint density at radius 2 is 1.50 bits per heavy atom. The molecule has 0 bridgehead atoms. The van der Waals surface area contributed by atoms with Crippen LogP contribution in [0.15, 0.2) is 0 Å². The highest BCUT2D eigenvalue weighted by atomic mass is 16.5. The lowest BCUT2D eigenvalue weighted by molar-refractivity contribution is -0.0485. The highest BCUT2D eigenvalue weighted by Gasteiger charge is 2.19. The van der Waals surface area contributed by atoms with Crippen LogP contribution in [0.4, 0.5) is 0 Å². The fourth-order valence-electron chi connectivity index (χ4n) is 1.81. The summed E-state index contributed by atoms with van der Waals surface area (Å²) in [5.41, 5.74) is 0. The molecule has 0 aliphatic heterocycles. The Hall–Kier alpha value is -0.120. The summed E-state index contributed by atoms with van der Waals surface area (Å²) in [5.74, 6) is 0.982. The van der Waals surface area contributed by atoms with Crippen molar-refractivity contribution in [3.8, 4) is 0 Å². The zero-order chi connectivity index (χ0) is 12.7. The van der Waals surface area contributed by atoms with Crippen LogP contribution in [0.3, 0.4) is 0 Å². The SMILES string of the molecule is CC(C)NCC(O)COC(C(C)C)C(C)C. The smallest absolute Gasteiger partial charge is 0.0897 e. The molecule has 3 nitrogen and oxygen atoms in total. The zero-order valence-electron chi connectivity index (χ0n) is 11.7. The standard InChI is InChI=1S/C13H29NO2/c1-9(2)13(10(3)4)16-8-12(15)7-14-11(5)6/h9-15H,7-8H2,1-6H3. The van der Waals surface area contributed by atoms with Gasteiger partial charge < -0.3 is 15.2 Å². The van der Waals surface area contributed by atoms with E-state index >= 15 is 0 Å². The molecule has 0 saturated heterocycles. The molecule has 0 aliphatic rings. The Balaban J connectivity index is 3.83. The molecule has 0 radical (unpaired) electrons. The third-order valence-corrected chi connectivity index (χ3v) is 2.56. The highest BCUT2D eigenvalue weighted by molar-refractivity contribution is 4.68. The summed E-state index contributed by atoms with van der Waals surface area (Å²) in [5, 5.41) is 12.9. The van der Waals surface area contributed by atoms with Crippen molar-refractivity contribution in [2.75, 3.05) is 13.2 Å². The van der Waals surface area contributed by atoms with Gasteiger partial charge in [-0.15, -0.1) is 0 Å². The summed E-state index contributed by atoms with van der Waals surface area (Å²) in [6.07, 6.45) is -0.184. The molecule has 0 aromatic heterocycles. The molecule has 0 heterocycles. The second-order valence-electron chi connectivity index (χ2n) is 5.50. The summed E-state index contributed by atoms with van der Waals surface area (Å²) in [4.78, 5) is 0. The summed E-state index contributed by atoms with van der Waals surface area (Å²) in [6, 6.07) is 0.403. The van der Waals surface area contributed by atoms with E-state index in [4.69, 9.17) is 4.74 Å². The topological polar surface area (TPSA) is 41.5 Å². The summed E-state index contributed by atoms with van der Waals surface area (Å²) < 4.78 is 5.77. The Kier molecular flexibility index (Phi) is 7.98. The molecular weight excluding hydrogens is 202 g/mol. The Bertz CT molecular complexity index is 161. The molecular formula is C13H29NO2. The van der Waals surface area contributed by atoms with E-state index in [2.05, 4.69) is 46.9 Å². The van der Waals surface area contributed by atoms with Crippen molar-refractivity contribution in [1.82, 2.24) is 5.32 Å². The van der Waals surface area contributed by atoms with Crippen molar-refractivity contribution >= 4 is 0 Å². The first kappa shape index (κ1) is 15.9. The van der Waals surface area contributed by atoms with E-state index in [1.807, 2.05) is 0 Å². The maximum Gasteiger partial charge on any atom is 0.0897 e. The third kappa shape index (κ3) is 7.20. The van der Waals surface area contributed by atoms with Crippen LogP contribution in [0.1, 0.15) is 41.5 Å². The molecule has 0 aromatic carbocycles. The van der Waals surface area contributed by atoms with Gasteiger partial charge in [0.15, 0.2) is 0 Å². The second kappa shape index (κ2) is 8.04. The van der Waals surface area contributed by atoms with Crippen LogP contribution in [0.5, 0.6) is 0 Å². The Morgan fingerprint density at radius 1 is 1.00 bits per heavy atom. The normalized spacial score (nSPS) is 14.4. The first-order valence-corrected chi connectivity index (χ1v) is 6.37. The molecule has 0 fully saturated rings. The van der Waals surface area contributed by atoms with Gasteiger partial charge in [-0.1, -0.05) is 41.5 Å². The second-order valence-corrected chi connectivity index (χ2v) is 5.50. The van der Waals surface area contributed by atoms with Crippen LogP contribution in [-0.2, 0) is 4.74 Å². The first-order chi connectivity index (χ1) is 7.34. The summed E-state index contributed by atoms with van der Waals surface area (Å²) >= 11 is 0. The summed E-state index contributed by atoms with van der Waals surface area (Å²) in [6.45, 7) is 13.8. The fraction of sp³-hybridized carbons (Fsp3) is 1.00. The van der Waals surface area contributed by atoms with E-state index in [0.717, 1.165) is 0 Å². The van der Waals surface area contributed by atoms with Crippen LogP contribution < -0.4 is 5.32 Å². The van der Waals surface area contributed by atoms with Gasteiger partial charge in [-0.25, -0.2) is 0 Å². The maximum atomic E-state index is 9.72. The number of aliphatic hydroxyl groups excluding tert-OH is 1. The maximum absolute atomic E-state index is 9.72. The van der Waals surface area contributed by atoms with Crippen molar-refractivity contribution in [3.63, 3.8) is 0 Å². The number of aliphatic hydroxyl groups is 1.